The van der Waals surface area contributed by atoms with E-state index in [9.17, 15) is 19.5 Å². The molecule has 0 heterocycles. The lowest BCUT2D eigenvalue weighted by Crippen LogP contribution is -2.26. The van der Waals surface area contributed by atoms with Gasteiger partial charge in [-0.3, -0.25) is 9.59 Å². The number of carboxylic acid groups (broad SMARTS) is 1. The molecule has 3 aromatic rings. The lowest BCUT2D eigenvalue weighted by atomic mass is 10.1. The highest BCUT2D eigenvalue weighted by molar-refractivity contribution is 6.10. The van der Waals surface area contributed by atoms with E-state index >= 15 is 0 Å². The monoisotopic (exact) mass is 403 g/mol. The number of hydrogen-bond donors (Lipinski definition) is 2. The summed E-state index contributed by atoms with van der Waals surface area (Å²) in [7, 11) is 0. The minimum atomic E-state index is -1.43. The Labute approximate surface area is 173 Å². The Balaban J connectivity index is 1.63. The number of carboxylic acids is 1. The van der Waals surface area contributed by atoms with Crippen LogP contribution < -0.4 is 20.5 Å². The fourth-order valence-electron chi connectivity index (χ4n) is 2.79. The van der Waals surface area contributed by atoms with Crippen molar-refractivity contribution in [1.82, 2.24) is 0 Å². The number of carbonyl (C=O) groups excluding carboxylic acids is 3. The smallest absolute Gasteiger partial charge is 0.262 e. The molecule has 3 rings (SSSR count). The molecular weight excluding hydrogens is 384 g/mol. The maximum Gasteiger partial charge on any atom is 0.262 e. The maximum atomic E-state index is 12.5. The molecule has 0 saturated carbocycles. The van der Waals surface area contributed by atoms with Gasteiger partial charge in [0.05, 0.1) is 5.97 Å². The second kappa shape index (κ2) is 9.38. The van der Waals surface area contributed by atoms with Gasteiger partial charge in [-0.2, -0.15) is 0 Å². The third-order valence-corrected chi connectivity index (χ3v) is 4.25. The molecule has 7 heteroatoms. The van der Waals surface area contributed by atoms with E-state index in [1.54, 1.807) is 36.4 Å². The summed E-state index contributed by atoms with van der Waals surface area (Å²) in [4.78, 5) is 35.8. The van der Waals surface area contributed by atoms with Crippen molar-refractivity contribution in [3.05, 3.63) is 89.5 Å². The Morgan fingerprint density at radius 3 is 2.17 bits per heavy atom. The van der Waals surface area contributed by atoms with Gasteiger partial charge in [0.15, 0.2) is 6.61 Å². The Hall–Kier alpha value is -4.13. The zero-order chi connectivity index (χ0) is 21.5. The molecule has 0 spiro atoms. The number of nitrogens with one attached hydrogen (secondary N) is 2. The Morgan fingerprint density at radius 1 is 0.833 bits per heavy atom. The summed E-state index contributed by atoms with van der Waals surface area (Å²) in [6, 6.07) is 19.6. The van der Waals surface area contributed by atoms with Gasteiger partial charge in [0.1, 0.15) is 5.75 Å². The first-order chi connectivity index (χ1) is 14.4. The van der Waals surface area contributed by atoms with Crippen molar-refractivity contribution in [3.63, 3.8) is 0 Å². The van der Waals surface area contributed by atoms with E-state index in [4.69, 9.17) is 4.74 Å². The molecule has 0 bridgehead atoms. The van der Waals surface area contributed by atoms with E-state index in [-0.39, 0.29) is 23.6 Å². The quantitative estimate of drug-likeness (QED) is 0.631. The predicted molar refractivity (Wildman–Crippen MR) is 110 cm³/mol. The fourth-order valence-corrected chi connectivity index (χ4v) is 2.79. The first-order valence-corrected chi connectivity index (χ1v) is 9.14. The zero-order valence-electron chi connectivity index (χ0n) is 16.2. The van der Waals surface area contributed by atoms with Crippen LogP contribution in [0.3, 0.4) is 0 Å². The van der Waals surface area contributed by atoms with Crippen molar-refractivity contribution >= 4 is 29.2 Å². The SMILES string of the molecule is Cc1ccccc1OCC(=O)Nc1cccc(NC(=O)c2ccccc2C(=O)[O-])c1. The van der Waals surface area contributed by atoms with Crippen molar-refractivity contribution in [1.29, 1.82) is 0 Å². The average Bonchev–Trinajstić information content (AvgIpc) is 2.73. The van der Waals surface area contributed by atoms with Gasteiger partial charge < -0.3 is 25.3 Å². The molecule has 3 aromatic carbocycles. The van der Waals surface area contributed by atoms with Gasteiger partial charge in [0, 0.05) is 22.5 Å². The van der Waals surface area contributed by atoms with Crippen LogP contribution in [0, 0.1) is 6.92 Å². The molecular formula is C23H19N2O5-. The maximum absolute atomic E-state index is 12.5. The summed E-state index contributed by atoms with van der Waals surface area (Å²) in [6.45, 7) is 1.72. The van der Waals surface area contributed by atoms with Crippen molar-refractivity contribution in [3.8, 4) is 5.75 Å². The van der Waals surface area contributed by atoms with Gasteiger partial charge in [-0.1, -0.05) is 42.5 Å². The number of aryl methyl sites for hydroxylation is 1. The molecule has 0 aliphatic heterocycles. The number of rotatable bonds is 7. The van der Waals surface area contributed by atoms with E-state index in [0.29, 0.717) is 17.1 Å². The zero-order valence-corrected chi connectivity index (χ0v) is 16.2. The van der Waals surface area contributed by atoms with Crippen molar-refractivity contribution in [2.75, 3.05) is 17.2 Å². The molecule has 152 valence electrons. The van der Waals surface area contributed by atoms with Gasteiger partial charge >= 0.3 is 0 Å². The van der Waals surface area contributed by atoms with E-state index in [2.05, 4.69) is 10.6 Å². The molecule has 0 aliphatic carbocycles. The van der Waals surface area contributed by atoms with Crippen LogP contribution in [0.25, 0.3) is 0 Å². The first-order valence-electron chi connectivity index (χ1n) is 9.14. The first kappa shape index (κ1) is 20.6. The van der Waals surface area contributed by atoms with Crippen LogP contribution in [0.15, 0.2) is 72.8 Å². The Kier molecular flexibility index (Phi) is 6.44. The number of aromatic carboxylic acids is 1. The highest BCUT2D eigenvalue weighted by atomic mass is 16.5. The van der Waals surface area contributed by atoms with Gasteiger partial charge in [-0.05, 0) is 42.8 Å². The minimum absolute atomic E-state index is 0.0152. The lowest BCUT2D eigenvalue weighted by molar-refractivity contribution is -0.255. The molecule has 2 amide bonds. The topological polar surface area (TPSA) is 108 Å². The van der Waals surface area contributed by atoms with Crippen LogP contribution >= 0.6 is 0 Å². The largest absolute Gasteiger partial charge is 0.545 e. The third kappa shape index (κ3) is 5.23. The van der Waals surface area contributed by atoms with Crippen LogP contribution in [-0.2, 0) is 4.79 Å². The number of anilines is 2. The molecule has 0 fully saturated rings. The third-order valence-electron chi connectivity index (χ3n) is 4.25. The van der Waals surface area contributed by atoms with Crippen LogP contribution in [0.4, 0.5) is 11.4 Å². The normalized spacial score (nSPS) is 10.2. The van der Waals surface area contributed by atoms with Crippen molar-refractivity contribution in [2.45, 2.75) is 6.92 Å². The van der Waals surface area contributed by atoms with Gasteiger partial charge in [-0.15, -0.1) is 0 Å². The highest BCUT2D eigenvalue weighted by Gasteiger charge is 2.12. The number of carbonyl (C=O) groups is 3. The van der Waals surface area contributed by atoms with Crippen molar-refractivity contribution in [2.24, 2.45) is 0 Å². The minimum Gasteiger partial charge on any atom is -0.545 e. The van der Waals surface area contributed by atoms with Gasteiger partial charge in [0.2, 0.25) is 0 Å². The summed E-state index contributed by atoms with van der Waals surface area (Å²) < 4.78 is 5.52. The molecule has 2 N–H and O–H groups in total. The van der Waals surface area contributed by atoms with Gasteiger partial charge in [-0.25, -0.2) is 0 Å². The molecule has 0 atom stereocenters. The second-order valence-corrected chi connectivity index (χ2v) is 6.47. The predicted octanol–water partition coefficient (Wildman–Crippen LogP) is 2.63. The van der Waals surface area contributed by atoms with Gasteiger partial charge in [0.25, 0.3) is 11.8 Å². The average molecular weight is 403 g/mol. The Bertz CT molecular complexity index is 1090. The Morgan fingerprint density at radius 2 is 1.47 bits per heavy atom. The lowest BCUT2D eigenvalue weighted by Gasteiger charge is -2.12. The van der Waals surface area contributed by atoms with E-state index in [1.807, 2.05) is 25.1 Å². The summed E-state index contributed by atoms with van der Waals surface area (Å²) >= 11 is 0. The summed E-state index contributed by atoms with van der Waals surface area (Å²) in [5.74, 6) is -1.76. The number of benzene rings is 3. The number of ether oxygens (including phenoxy) is 1. The molecule has 0 aromatic heterocycles. The highest BCUT2D eigenvalue weighted by Crippen LogP contribution is 2.18. The number of amides is 2. The van der Waals surface area contributed by atoms with Crippen LogP contribution in [0.5, 0.6) is 5.75 Å². The molecule has 0 radical (unpaired) electrons. The van der Waals surface area contributed by atoms with Crippen LogP contribution in [0.2, 0.25) is 0 Å². The van der Waals surface area contributed by atoms with E-state index in [1.165, 1.54) is 18.2 Å². The molecule has 30 heavy (non-hydrogen) atoms. The summed E-state index contributed by atoms with van der Waals surface area (Å²) in [5, 5.41) is 16.5. The molecule has 0 unspecified atom stereocenters. The van der Waals surface area contributed by atoms with Crippen LogP contribution in [-0.4, -0.2) is 24.4 Å². The van der Waals surface area contributed by atoms with E-state index in [0.717, 1.165) is 5.56 Å². The summed E-state index contributed by atoms with van der Waals surface area (Å²) in [5.41, 5.74) is 1.56. The van der Waals surface area contributed by atoms with Crippen LogP contribution in [0.1, 0.15) is 26.3 Å². The van der Waals surface area contributed by atoms with E-state index < -0.39 is 11.9 Å². The fraction of sp³-hybridized carbons (Fsp3) is 0.0870. The van der Waals surface area contributed by atoms with Crippen molar-refractivity contribution < 1.29 is 24.2 Å². The number of hydrogen-bond acceptors (Lipinski definition) is 5. The molecule has 0 saturated heterocycles. The molecule has 7 nitrogen and oxygen atoms in total. The number of para-hydroxylation sites is 1. The second-order valence-electron chi connectivity index (χ2n) is 6.47. The molecule has 0 aliphatic rings. The summed E-state index contributed by atoms with van der Waals surface area (Å²) in [6.07, 6.45) is 0. The standard InChI is InChI=1S/C23H20N2O5/c1-15-7-2-5-12-20(15)30-14-21(26)24-16-8-6-9-17(13-16)25-22(27)18-10-3-4-11-19(18)23(28)29/h2-13H,14H2,1H3,(H,24,26)(H,25,27)(H,28,29)/p-1.